The lowest BCUT2D eigenvalue weighted by Gasteiger charge is -2.57. The Morgan fingerprint density at radius 2 is 1.59 bits per heavy atom. The molecule has 4 fully saturated rings. The third-order valence-electron chi connectivity index (χ3n) is 10.1. The van der Waals surface area contributed by atoms with E-state index in [1.165, 1.54) is 56.8 Å². The molecule has 210 valence electrons. The zero-order valence-electron chi connectivity index (χ0n) is 22.9. The van der Waals surface area contributed by atoms with Gasteiger partial charge in [0.15, 0.2) is 5.54 Å². The first-order chi connectivity index (χ1) is 19.7. The number of benzene rings is 2. The van der Waals surface area contributed by atoms with Crippen molar-refractivity contribution in [3.05, 3.63) is 83.6 Å². The van der Waals surface area contributed by atoms with Gasteiger partial charge in [-0.1, -0.05) is 48.6 Å². The summed E-state index contributed by atoms with van der Waals surface area (Å²) in [5.41, 5.74) is 1.30. The predicted octanol–water partition coefficient (Wildman–Crippen LogP) is 6.12. The molecule has 0 radical (unpaired) electrons. The van der Waals surface area contributed by atoms with Gasteiger partial charge in [0.25, 0.3) is 5.91 Å². The zero-order valence-corrected chi connectivity index (χ0v) is 22.9. The van der Waals surface area contributed by atoms with E-state index in [9.17, 15) is 24.6 Å². The van der Waals surface area contributed by atoms with Crippen molar-refractivity contribution < 1.29 is 24.6 Å². The van der Waals surface area contributed by atoms with Gasteiger partial charge in [-0.15, -0.1) is 0 Å². The van der Waals surface area contributed by atoms with E-state index in [-0.39, 0.29) is 17.4 Å². The summed E-state index contributed by atoms with van der Waals surface area (Å²) in [4.78, 5) is 41.7. The van der Waals surface area contributed by atoms with Crippen LogP contribution in [0.25, 0.3) is 22.0 Å². The lowest BCUT2D eigenvalue weighted by Crippen LogP contribution is -2.54. The summed E-state index contributed by atoms with van der Waals surface area (Å²) in [5, 5.41) is 24.6. The van der Waals surface area contributed by atoms with E-state index in [1.54, 1.807) is 0 Å². The van der Waals surface area contributed by atoms with Gasteiger partial charge in [0.2, 0.25) is 0 Å². The fourth-order valence-corrected chi connectivity index (χ4v) is 8.68. The predicted molar refractivity (Wildman–Crippen MR) is 155 cm³/mol. The van der Waals surface area contributed by atoms with Crippen LogP contribution in [0, 0.1) is 23.2 Å². The maximum absolute atomic E-state index is 14.0. The molecule has 1 atom stereocenters. The van der Waals surface area contributed by atoms with Crippen LogP contribution in [0.2, 0.25) is 0 Å². The molecule has 8 rings (SSSR count). The normalized spacial score (nSPS) is 29.9. The summed E-state index contributed by atoms with van der Waals surface area (Å²) in [5.74, 6) is -0.711. The fraction of sp³-hybridized carbons (Fsp3) is 0.382. The van der Waals surface area contributed by atoms with Crippen LogP contribution in [0.15, 0.2) is 72.3 Å². The van der Waals surface area contributed by atoms with Crippen molar-refractivity contribution >= 4 is 28.6 Å². The number of aliphatic carboxylic acids is 2. The number of aromatic amines is 1. The molecule has 5 aliphatic carbocycles. The number of carboxylic acid groups (broad SMARTS) is 2. The third-order valence-corrected chi connectivity index (χ3v) is 10.1. The molecule has 0 aliphatic heterocycles. The second kappa shape index (κ2) is 9.47. The first kappa shape index (κ1) is 25.8. The van der Waals surface area contributed by atoms with E-state index < -0.39 is 23.4 Å². The van der Waals surface area contributed by atoms with Gasteiger partial charge in [-0.3, -0.25) is 4.79 Å². The topological polar surface area (TPSA) is 119 Å². The summed E-state index contributed by atoms with van der Waals surface area (Å²) >= 11 is 0. The molecule has 1 unspecified atom stereocenters. The molecule has 1 amide bonds. The van der Waals surface area contributed by atoms with Crippen molar-refractivity contribution in [2.24, 2.45) is 23.2 Å². The minimum atomic E-state index is -1.84. The average molecular weight is 551 g/mol. The van der Waals surface area contributed by atoms with Crippen molar-refractivity contribution in [1.82, 2.24) is 10.3 Å². The lowest BCUT2D eigenvalue weighted by molar-refractivity contribution is -0.142. The van der Waals surface area contributed by atoms with Crippen LogP contribution in [-0.4, -0.2) is 38.6 Å². The van der Waals surface area contributed by atoms with E-state index in [1.807, 2.05) is 24.3 Å². The van der Waals surface area contributed by atoms with E-state index in [0.29, 0.717) is 5.56 Å². The smallest absolute Gasteiger partial charge is 0.333 e. The number of carboxylic acids is 2. The number of amides is 1. The Labute approximate surface area is 238 Å². The number of carbonyl (C=O) groups excluding carboxylic acids is 1. The Bertz CT molecular complexity index is 1610. The van der Waals surface area contributed by atoms with Crippen molar-refractivity contribution in [2.45, 2.75) is 56.9 Å². The highest BCUT2D eigenvalue weighted by molar-refractivity contribution is 6.02. The molecule has 0 saturated heterocycles. The van der Waals surface area contributed by atoms with Gasteiger partial charge < -0.3 is 20.5 Å². The number of rotatable bonds is 7. The van der Waals surface area contributed by atoms with Crippen LogP contribution >= 0.6 is 0 Å². The maximum atomic E-state index is 14.0. The number of aromatic nitrogens is 1. The van der Waals surface area contributed by atoms with E-state index in [2.05, 4.69) is 34.6 Å². The van der Waals surface area contributed by atoms with Gasteiger partial charge in [-0.2, -0.15) is 0 Å². The van der Waals surface area contributed by atoms with Gasteiger partial charge in [-0.05, 0) is 103 Å². The molecule has 7 heteroatoms. The molecule has 3 aromatic rings. The number of H-pyrrole nitrogens is 1. The van der Waals surface area contributed by atoms with Crippen molar-refractivity contribution in [3.63, 3.8) is 0 Å². The molecule has 2 aromatic carbocycles. The van der Waals surface area contributed by atoms with Crippen molar-refractivity contribution in [1.29, 1.82) is 0 Å². The van der Waals surface area contributed by atoms with Crippen LogP contribution in [0.5, 0.6) is 0 Å². The van der Waals surface area contributed by atoms with Gasteiger partial charge in [0, 0.05) is 23.4 Å². The first-order valence-corrected chi connectivity index (χ1v) is 14.6. The number of hydrogen-bond donors (Lipinski definition) is 4. The highest BCUT2D eigenvalue weighted by atomic mass is 16.4. The number of fused-ring (bicyclic) bond motifs is 1. The summed E-state index contributed by atoms with van der Waals surface area (Å²) < 4.78 is 0. The minimum Gasteiger partial charge on any atom is -0.479 e. The van der Waals surface area contributed by atoms with Gasteiger partial charge in [0.05, 0.1) is 5.56 Å². The molecular weight excluding hydrogens is 516 g/mol. The standard InChI is InChI=1S/C34H34N2O5/c37-30(36-34(32(40)41)9-3-6-26(18-34)31(38)39)27-14-28(25-8-7-23-4-1-2-5-24(23)13-25)35-29(27)19-33-15-20-10-21(16-33)12-22(11-20)17-33/h1-9,13-14,20-22,35H,10-12,15-19H2,(H,36,37)(H,38,39)(H,40,41). The number of carbonyl (C=O) groups is 3. The summed E-state index contributed by atoms with van der Waals surface area (Å²) in [6, 6.07) is 16.2. The zero-order chi connectivity index (χ0) is 28.4. The highest BCUT2D eigenvalue weighted by Gasteiger charge is 2.51. The Hall–Kier alpha value is -4.13. The van der Waals surface area contributed by atoms with Crippen LogP contribution in [0.4, 0.5) is 0 Å². The molecule has 1 heterocycles. The number of hydrogen-bond acceptors (Lipinski definition) is 3. The minimum absolute atomic E-state index is 0.0603. The van der Waals surface area contributed by atoms with Gasteiger partial charge in [-0.25, -0.2) is 9.59 Å². The van der Waals surface area contributed by atoms with Crippen LogP contribution in [-0.2, 0) is 16.0 Å². The first-order valence-electron chi connectivity index (χ1n) is 14.6. The molecule has 1 aromatic heterocycles. The molecule has 4 bridgehead atoms. The Balaban J connectivity index is 1.26. The van der Waals surface area contributed by atoms with E-state index in [4.69, 9.17) is 0 Å². The number of nitrogens with one attached hydrogen (secondary N) is 2. The third kappa shape index (κ3) is 4.57. The average Bonchev–Trinajstić information content (AvgIpc) is 3.35. The quantitative estimate of drug-likeness (QED) is 0.283. The molecular formula is C34H34N2O5. The maximum Gasteiger partial charge on any atom is 0.333 e. The fourth-order valence-electron chi connectivity index (χ4n) is 8.68. The highest BCUT2D eigenvalue weighted by Crippen LogP contribution is 2.61. The molecule has 0 spiro atoms. The number of allylic oxidation sites excluding steroid dienone is 2. The Morgan fingerprint density at radius 1 is 0.902 bits per heavy atom. The second-order valence-electron chi connectivity index (χ2n) is 13.0. The largest absolute Gasteiger partial charge is 0.479 e. The van der Waals surface area contributed by atoms with Gasteiger partial charge in [0.1, 0.15) is 0 Å². The molecule has 4 N–H and O–H groups in total. The molecule has 5 aliphatic rings. The van der Waals surface area contributed by atoms with E-state index in [0.717, 1.165) is 51.9 Å². The van der Waals surface area contributed by atoms with Crippen molar-refractivity contribution in [3.8, 4) is 11.3 Å². The summed E-state index contributed by atoms with van der Waals surface area (Å²) in [6.07, 6.45) is 12.1. The summed E-state index contributed by atoms with van der Waals surface area (Å²) in [6.45, 7) is 0. The monoisotopic (exact) mass is 550 g/mol. The summed E-state index contributed by atoms with van der Waals surface area (Å²) in [7, 11) is 0. The Morgan fingerprint density at radius 3 is 2.24 bits per heavy atom. The van der Waals surface area contributed by atoms with Crippen LogP contribution in [0.1, 0.15) is 61.0 Å². The molecule has 4 saturated carbocycles. The van der Waals surface area contributed by atoms with Gasteiger partial charge >= 0.3 is 11.9 Å². The SMILES string of the molecule is O=C(O)C1=CC=CC(NC(=O)c2cc(-c3ccc4ccccc4c3)[nH]c2CC23CC4CC(CC(C4)C2)C3)(C(=O)O)C1. The van der Waals surface area contributed by atoms with E-state index >= 15 is 0 Å². The van der Waals surface area contributed by atoms with Crippen molar-refractivity contribution in [2.75, 3.05) is 0 Å². The molecule has 41 heavy (non-hydrogen) atoms. The second-order valence-corrected chi connectivity index (χ2v) is 13.0. The van der Waals surface area contributed by atoms with Crippen LogP contribution in [0.3, 0.4) is 0 Å². The molecule has 7 nitrogen and oxygen atoms in total. The van der Waals surface area contributed by atoms with Crippen LogP contribution < -0.4 is 5.32 Å². The Kier molecular flexibility index (Phi) is 5.96. The lowest BCUT2D eigenvalue weighted by atomic mass is 9.48.